The van der Waals surface area contributed by atoms with Gasteiger partial charge in [0, 0.05) is 26.3 Å². The monoisotopic (exact) mass is 238 g/mol. The lowest BCUT2D eigenvalue weighted by Gasteiger charge is -2.15. The summed E-state index contributed by atoms with van der Waals surface area (Å²) in [6, 6.07) is -0.137. The molecule has 0 saturated carbocycles. The standard InChI is InChI=1S/C9H22N2O3S/c1-3-5-9(8-10)11-15(12,13)7-4-6-14-2/h9,11H,3-8,10H2,1-2H3. The van der Waals surface area contributed by atoms with Gasteiger partial charge < -0.3 is 10.5 Å². The number of nitrogens with two attached hydrogens (primary N) is 1. The lowest BCUT2D eigenvalue weighted by molar-refractivity contribution is 0.199. The number of methoxy groups -OCH3 is 1. The van der Waals surface area contributed by atoms with Crippen molar-refractivity contribution in [3.8, 4) is 0 Å². The van der Waals surface area contributed by atoms with Crippen molar-refractivity contribution in [2.45, 2.75) is 32.2 Å². The second-order valence-electron chi connectivity index (χ2n) is 3.50. The van der Waals surface area contributed by atoms with Crippen LogP contribution in [0.5, 0.6) is 0 Å². The summed E-state index contributed by atoms with van der Waals surface area (Å²) >= 11 is 0. The van der Waals surface area contributed by atoms with Crippen LogP contribution in [-0.4, -0.2) is 40.5 Å². The molecular formula is C9H22N2O3S. The molecule has 0 aliphatic heterocycles. The molecule has 0 aliphatic carbocycles. The van der Waals surface area contributed by atoms with E-state index in [0.29, 0.717) is 19.6 Å². The Morgan fingerprint density at radius 1 is 1.47 bits per heavy atom. The van der Waals surface area contributed by atoms with E-state index in [9.17, 15) is 8.42 Å². The Morgan fingerprint density at radius 2 is 2.13 bits per heavy atom. The highest BCUT2D eigenvalue weighted by atomic mass is 32.2. The molecular weight excluding hydrogens is 216 g/mol. The third-order valence-corrected chi connectivity index (χ3v) is 3.55. The van der Waals surface area contributed by atoms with E-state index in [1.165, 1.54) is 0 Å². The van der Waals surface area contributed by atoms with Crippen LogP contribution >= 0.6 is 0 Å². The van der Waals surface area contributed by atoms with E-state index in [1.54, 1.807) is 7.11 Å². The fraction of sp³-hybridized carbons (Fsp3) is 1.00. The second kappa shape index (κ2) is 8.04. The van der Waals surface area contributed by atoms with Gasteiger partial charge in [0.25, 0.3) is 0 Å². The number of rotatable bonds is 9. The maximum atomic E-state index is 11.5. The molecule has 0 saturated heterocycles. The molecule has 0 fully saturated rings. The van der Waals surface area contributed by atoms with Crippen LogP contribution in [0.2, 0.25) is 0 Å². The van der Waals surface area contributed by atoms with Gasteiger partial charge in [-0.05, 0) is 12.8 Å². The first-order valence-corrected chi connectivity index (χ1v) is 6.90. The number of ether oxygens (including phenoxy) is 1. The molecule has 0 aromatic rings. The SMILES string of the molecule is CCCC(CN)NS(=O)(=O)CCCOC. The summed E-state index contributed by atoms with van der Waals surface area (Å²) in [4.78, 5) is 0. The summed E-state index contributed by atoms with van der Waals surface area (Å²) < 4.78 is 30.4. The van der Waals surface area contributed by atoms with E-state index in [1.807, 2.05) is 6.92 Å². The maximum absolute atomic E-state index is 11.5. The first-order valence-electron chi connectivity index (χ1n) is 5.24. The Morgan fingerprint density at radius 3 is 2.60 bits per heavy atom. The number of hydrogen-bond donors (Lipinski definition) is 2. The highest BCUT2D eigenvalue weighted by Gasteiger charge is 2.15. The molecule has 0 heterocycles. The molecule has 0 aromatic carbocycles. The second-order valence-corrected chi connectivity index (χ2v) is 5.38. The van der Waals surface area contributed by atoms with Crippen molar-refractivity contribution in [3.05, 3.63) is 0 Å². The Kier molecular flexibility index (Phi) is 7.95. The summed E-state index contributed by atoms with van der Waals surface area (Å²) in [5, 5.41) is 0. The Bertz CT molecular complexity index is 242. The third-order valence-electron chi connectivity index (χ3n) is 2.03. The predicted molar refractivity (Wildman–Crippen MR) is 61.2 cm³/mol. The van der Waals surface area contributed by atoms with Gasteiger partial charge in [-0.15, -0.1) is 0 Å². The molecule has 0 aromatic heterocycles. The minimum Gasteiger partial charge on any atom is -0.385 e. The summed E-state index contributed by atoms with van der Waals surface area (Å²) in [5.74, 6) is 0.0983. The zero-order valence-corrected chi connectivity index (χ0v) is 10.3. The van der Waals surface area contributed by atoms with Crippen LogP contribution in [0.15, 0.2) is 0 Å². The third kappa shape index (κ3) is 7.72. The zero-order valence-electron chi connectivity index (χ0n) is 9.53. The van der Waals surface area contributed by atoms with Crippen LogP contribution in [0.25, 0.3) is 0 Å². The summed E-state index contributed by atoms with van der Waals surface area (Å²) in [5.41, 5.74) is 5.47. The Hall–Kier alpha value is -0.170. The van der Waals surface area contributed by atoms with Crippen molar-refractivity contribution < 1.29 is 13.2 Å². The van der Waals surface area contributed by atoms with E-state index in [4.69, 9.17) is 10.5 Å². The van der Waals surface area contributed by atoms with Crippen molar-refractivity contribution >= 4 is 10.0 Å². The van der Waals surface area contributed by atoms with Gasteiger partial charge in [-0.1, -0.05) is 13.3 Å². The van der Waals surface area contributed by atoms with Crippen LogP contribution in [0.1, 0.15) is 26.2 Å². The predicted octanol–water partition coefficient (Wildman–Crippen LogP) is 0.0697. The molecule has 1 unspecified atom stereocenters. The average Bonchev–Trinajstić information content (AvgIpc) is 2.17. The van der Waals surface area contributed by atoms with Gasteiger partial charge in [0.15, 0.2) is 0 Å². The minimum atomic E-state index is -3.20. The lowest BCUT2D eigenvalue weighted by Crippen LogP contribution is -2.41. The van der Waals surface area contributed by atoms with Crippen LogP contribution in [0.3, 0.4) is 0 Å². The minimum absolute atomic E-state index is 0.0983. The molecule has 0 bridgehead atoms. The smallest absolute Gasteiger partial charge is 0.211 e. The van der Waals surface area contributed by atoms with Gasteiger partial charge in [-0.2, -0.15) is 0 Å². The highest BCUT2D eigenvalue weighted by molar-refractivity contribution is 7.89. The van der Waals surface area contributed by atoms with Gasteiger partial charge in [-0.25, -0.2) is 13.1 Å². The average molecular weight is 238 g/mol. The van der Waals surface area contributed by atoms with Crippen molar-refractivity contribution in [2.24, 2.45) is 5.73 Å². The fourth-order valence-corrected chi connectivity index (χ4v) is 2.62. The molecule has 92 valence electrons. The quantitative estimate of drug-likeness (QED) is 0.557. The van der Waals surface area contributed by atoms with Crippen molar-refractivity contribution in [3.63, 3.8) is 0 Å². The van der Waals surface area contributed by atoms with Gasteiger partial charge in [-0.3, -0.25) is 0 Å². The molecule has 0 aliphatic rings. The number of nitrogens with one attached hydrogen (secondary N) is 1. The maximum Gasteiger partial charge on any atom is 0.211 e. The van der Waals surface area contributed by atoms with E-state index >= 15 is 0 Å². The molecule has 6 heteroatoms. The van der Waals surface area contributed by atoms with Gasteiger partial charge in [0.1, 0.15) is 0 Å². The van der Waals surface area contributed by atoms with Crippen molar-refractivity contribution in [2.75, 3.05) is 26.0 Å². The Balaban J connectivity index is 3.99. The topological polar surface area (TPSA) is 81.4 Å². The first kappa shape index (κ1) is 14.8. The molecule has 1 atom stereocenters. The molecule has 15 heavy (non-hydrogen) atoms. The first-order chi connectivity index (χ1) is 7.05. The molecule has 5 nitrogen and oxygen atoms in total. The van der Waals surface area contributed by atoms with E-state index in [-0.39, 0.29) is 11.8 Å². The van der Waals surface area contributed by atoms with E-state index in [2.05, 4.69) is 4.72 Å². The summed E-state index contributed by atoms with van der Waals surface area (Å²) in [7, 11) is -1.64. The van der Waals surface area contributed by atoms with Crippen LogP contribution in [-0.2, 0) is 14.8 Å². The van der Waals surface area contributed by atoms with E-state index in [0.717, 1.165) is 12.8 Å². The van der Waals surface area contributed by atoms with E-state index < -0.39 is 10.0 Å². The zero-order chi connectivity index (χ0) is 11.7. The molecule has 0 amide bonds. The number of sulfonamides is 1. The molecule has 0 radical (unpaired) electrons. The van der Waals surface area contributed by atoms with Crippen LogP contribution < -0.4 is 10.5 Å². The molecule has 0 rings (SSSR count). The normalized spacial score (nSPS) is 14.1. The number of hydrogen-bond acceptors (Lipinski definition) is 4. The molecule has 3 N–H and O–H groups in total. The fourth-order valence-electron chi connectivity index (χ4n) is 1.28. The van der Waals surface area contributed by atoms with Crippen LogP contribution in [0.4, 0.5) is 0 Å². The summed E-state index contributed by atoms with van der Waals surface area (Å²) in [6.45, 7) is 2.81. The van der Waals surface area contributed by atoms with Crippen molar-refractivity contribution in [1.82, 2.24) is 4.72 Å². The van der Waals surface area contributed by atoms with Gasteiger partial charge in [0.2, 0.25) is 10.0 Å². The van der Waals surface area contributed by atoms with Gasteiger partial charge in [0.05, 0.1) is 5.75 Å². The Labute approximate surface area is 92.4 Å². The lowest BCUT2D eigenvalue weighted by atomic mass is 10.2. The largest absolute Gasteiger partial charge is 0.385 e. The van der Waals surface area contributed by atoms with Crippen LogP contribution in [0, 0.1) is 0 Å². The van der Waals surface area contributed by atoms with Crippen molar-refractivity contribution in [1.29, 1.82) is 0 Å². The molecule has 0 spiro atoms. The van der Waals surface area contributed by atoms with Gasteiger partial charge >= 0.3 is 0 Å². The summed E-state index contributed by atoms with van der Waals surface area (Å²) in [6.07, 6.45) is 2.21. The highest BCUT2D eigenvalue weighted by Crippen LogP contribution is 1.99.